The Morgan fingerprint density at radius 2 is 1.77 bits per heavy atom. The number of nitrogens with zero attached hydrogens (tertiary/aromatic N) is 2. The van der Waals surface area contributed by atoms with E-state index in [4.69, 9.17) is 14.2 Å². The number of rotatable bonds is 12. The van der Waals surface area contributed by atoms with Crippen LogP contribution in [0.2, 0.25) is 0 Å². The van der Waals surface area contributed by atoms with Gasteiger partial charge in [-0.1, -0.05) is 44.2 Å². The predicted octanol–water partition coefficient (Wildman–Crippen LogP) is 3.45. The molecule has 11 heteroatoms. The number of hydrogen-bond acceptors (Lipinski definition) is 7. The van der Waals surface area contributed by atoms with E-state index in [1.807, 2.05) is 44.2 Å². The quantitative estimate of drug-likeness (QED) is 0.394. The van der Waals surface area contributed by atoms with Crippen molar-refractivity contribution in [2.24, 2.45) is 11.8 Å². The van der Waals surface area contributed by atoms with E-state index in [9.17, 15) is 23.4 Å². The molecule has 2 saturated heterocycles. The fourth-order valence-electron chi connectivity index (χ4n) is 5.64. The number of aliphatic hydroxyl groups is 1. The lowest BCUT2D eigenvalue weighted by Gasteiger charge is -2.41. The molecule has 2 fully saturated rings. The summed E-state index contributed by atoms with van der Waals surface area (Å²) >= 11 is 0. The van der Waals surface area contributed by atoms with E-state index >= 15 is 0 Å². The van der Waals surface area contributed by atoms with Gasteiger partial charge in [0.15, 0.2) is 6.29 Å². The Balaban J connectivity index is 1.67. The molecule has 0 aromatic heterocycles. The van der Waals surface area contributed by atoms with Gasteiger partial charge in [-0.05, 0) is 55.0 Å². The van der Waals surface area contributed by atoms with Gasteiger partial charge >= 0.3 is 6.09 Å². The first-order chi connectivity index (χ1) is 19.1. The zero-order valence-electron chi connectivity index (χ0n) is 23.3. The SMILES string of the molecule is COc1ccc(S(=O)(=O)N(CC(C)C)C[C@@H](O)[C@H](Cc2ccccc2)N(C(=O)O)[C@@H]2CO[C@@H]3OCCC[C@@H]32)cc1. The van der Waals surface area contributed by atoms with Gasteiger partial charge in [0, 0.05) is 25.6 Å². The largest absolute Gasteiger partial charge is 0.497 e. The van der Waals surface area contributed by atoms with Gasteiger partial charge in [-0.2, -0.15) is 4.31 Å². The van der Waals surface area contributed by atoms with Crippen LogP contribution in [0.15, 0.2) is 59.5 Å². The van der Waals surface area contributed by atoms with Crippen LogP contribution in [0.1, 0.15) is 32.3 Å². The van der Waals surface area contributed by atoms with E-state index < -0.39 is 40.6 Å². The highest BCUT2D eigenvalue weighted by atomic mass is 32.2. The van der Waals surface area contributed by atoms with Gasteiger partial charge in [-0.25, -0.2) is 13.2 Å². The molecule has 4 rings (SSSR count). The highest BCUT2D eigenvalue weighted by Gasteiger charge is 2.48. The molecule has 2 aromatic rings. The summed E-state index contributed by atoms with van der Waals surface area (Å²) in [6.07, 6.45) is -1.23. The minimum atomic E-state index is -4.00. The van der Waals surface area contributed by atoms with E-state index in [2.05, 4.69) is 0 Å². The van der Waals surface area contributed by atoms with Gasteiger partial charge < -0.3 is 24.4 Å². The predicted molar refractivity (Wildman–Crippen MR) is 149 cm³/mol. The molecular weight excluding hydrogens is 536 g/mol. The van der Waals surface area contributed by atoms with Gasteiger partial charge in [0.2, 0.25) is 10.0 Å². The first-order valence-corrected chi connectivity index (χ1v) is 15.2. The van der Waals surface area contributed by atoms with Crippen LogP contribution < -0.4 is 4.74 Å². The normalized spacial score (nSPS) is 22.6. The first-order valence-electron chi connectivity index (χ1n) is 13.7. The second-order valence-corrected chi connectivity index (χ2v) is 12.8. The topological polar surface area (TPSA) is 126 Å². The highest BCUT2D eigenvalue weighted by Crippen LogP contribution is 2.36. The van der Waals surface area contributed by atoms with Crippen molar-refractivity contribution in [3.8, 4) is 5.75 Å². The van der Waals surface area contributed by atoms with Gasteiger partial charge in [0.1, 0.15) is 5.75 Å². The Morgan fingerprint density at radius 1 is 1.07 bits per heavy atom. The minimum absolute atomic E-state index is 0.0354. The Morgan fingerprint density at radius 3 is 2.40 bits per heavy atom. The van der Waals surface area contributed by atoms with Gasteiger partial charge in [-0.15, -0.1) is 0 Å². The number of aliphatic hydroxyl groups excluding tert-OH is 1. The Labute approximate surface area is 236 Å². The maximum Gasteiger partial charge on any atom is 0.407 e. The van der Waals surface area contributed by atoms with E-state index in [-0.39, 0.29) is 42.8 Å². The van der Waals surface area contributed by atoms with Crippen LogP contribution in [0, 0.1) is 11.8 Å². The van der Waals surface area contributed by atoms with Crippen molar-refractivity contribution in [3.05, 3.63) is 60.2 Å². The lowest BCUT2D eigenvalue weighted by atomic mass is 9.90. The van der Waals surface area contributed by atoms with Crippen LogP contribution in [0.3, 0.4) is 0 Å². The summed E-state index contributed by atoms with van der Waals surface area (Å²) in [5.74, 6) is 0.329. The highest BCUT2D eigenvalue weighted by molar-refractivity contribution is 7.89. The van der Waals surface area contributed by atoms with Gasteiger partial charge in [0.25, 0.3) is 0 Å². The maximum atomic E-state index is 13.7. The van der Waals surface area contributed by atoms with Crippen LogP contribution in [-0.2, 0) is 25.9 Å². The van der Waals surface area contributed by atoms with E-state index in [0.29, 0.717) is 12.4 Å². The summed E-state index contributed by atoms with van der Waals surface area (Å²) in [6, 6.07) is 14.0. The van der Waals surface area contributed by atoms with Crippen molar-refractivity contribution in [1.29, 1.82) is 0 Å². The molecule has 0 aliphatic carbocycles. The van der Waals surface area contributed by atoms with Crippen molar-refractivity contribution in [2.45, 2.75) is 62.5 Å². The van der Waals surface area contributed by atoms with Gasteiger partial charge in [0.05, 0.1) is 36.8 Å². The molecule has 1 amide bonds. The summed E-state index contributed by atoms with van der Waals surface area (Å²) in [6.45, 7) is 4.39. The molecule has 5 atom stereocenters. The fraction of sp³-hybridized carbons (Fsp3) is 0.552. The summed E-state index contributed by atoms with van der Waals surface area (Å²) < 4.78 is 45.5. The van der Waals surface area contributed by atoms with Crippen molar-refractivity contribution >= 4 is 16.1 Å². The third-order valence-corrected chi connectivity index (χ3v) is 9.41. The average molecular weight is 577 g/mol. The summed E-state index contributed by atoms with van der Waals surface area (Å²) in [5, 5.41) is 22.2. The number of hydrogen-bond donors (Lipinski definition) is 2. The summed E-state index contributed by atoms with van der Waals surface area (Å²) in [7, 11) is -2.50. The lowest BCUT2D eigenvalue weighted by molar-refractivity contribution is -0.151. The molecule has 220 valence electrons. The van der Waals surface area contributed by atoms with Crippen LogP contribution in [0.25, 0.3) is 0 Å². The van der Waals surface area contributed by atoms with Gasteiger partial charge in [-0.3, -0.25) is 4.90 Å². The Kier molecular flexibility index (Phi) is 10.1. The van der Waals surface area contributed by atoms with Crippen LogP contribution in [0.5, 0.6) is 5.75 Å². The molecule has 0 spiro atoms. The number of carboxylic acid groups (broad SMARTS) is 1. The molecule has 2 N–H and O–H groups in total. The third kappa shape index (κ3) is 6.95. The number of ether oxygens (including phenoxy) is 3. The number of sulfonamides is 1. The molecule has 2 aromatic carbocycles. The Bertz CT molecular complexity index is 1210. The molecule has 10 nitrogen and oxygen atoms in total. The van der Waals surface area contributed by atoms with Crippen molar-refractivity contribution in [3.63, 3.8) is 0 Å². The first kappa shape index (κ1) is 30.3. The lowest BCUT2D eigenvalue weighted by Crippen LogP contribution is -2.58. The zero-order valence-corrected chi connectivity index (χ0v) is 24.1. The molecule has 2 heterocycles. The van der Waals surface area contributed by atoms with E-state index in [1.54, 1.807) is 12.1 Å². The number of methoxy groups -OCH3 is 1. The molecule has 0 unspecified atom stereocenters. The second kappa shape index (κ2) is 13.3. The van der Waals surface area contributed by atoms with Crippen LogP contribution >= 0.6 is 0 Å². The van der Waals surface area contributed by atoms with E-state index in [1.165, 1.54) is 28.4 Å². The molecule has 40 heavy (non-hydrogen) atoms. The monoisotopic (exact) mass is 576 g/mol. The molecule has 0 saturated carbocycles. The van der Waals surface area contributed by atoms with Crippen molar-refractivity contribution in [2.75, 3.05) is 33.4 Å². The second-order valence-electron chi connectivity index (χ2n) is 10.9. The number of fused-ring (bicyclic) bond motifs is 1. The fourth-order valence-corrected chi connectivity index (χ4v) is 7.26. The minimum Gasteiger partial charge on any atom is -0.497 e. The molecule has 2 aliphatic rings. The van der Waals surface area contributed by atoms with E-state index in [0.717, 1.165) is 18.4 Å². The maximum absolute atomic E-state index is 13.7. The average Bonchev–Trinajstić information content (AvgIpc) is 3.36. The summed E-state index contributed by atoms with van der Waals surface area (Å²) in [4.78, 5) is 14.2. The molecule has 0 bridgehead atoms. The standard InChI is InChI=1S/C29H40N2O8S/c1-20(2)17-30(40(35,36)23-13-11-22(37-3)12-14-23)18-27(32)25(16-21-8-5-4-6-9-21)31(29(33)34)26-19-39-28-24(26)10-7-15-38-28/h4-6,8-9,11-14,20,24-28,32H,7,10,15-19H2,1-3H3,(H,33,34)/t24-,25+,26-,27-,28+/m1/s1. The van der Waals surface area contributed by atoms with Crippen LogP contribution in [-0.4, -0.2) is 91.8 Å². The molecule has 2 aliphatic heterocycles. The molecular formula is C29H40N2O8S. The Hall–Kier alpha value is -2.70. The van der Waals surface area contributed by atoms with Crippen LogP contribution in [0.4, 0.5) is 4.79 Å². The number of amides is 1. The van der Waals surface area contributed by atoms with Crippen molar-refractivity contribution < 1.29 is 37.6 Å². The number of benzene rings is 2. The third-order valence-electron chi connectivity index (χ3n) is 7.56. The smallest absolute Gasteiger partial charge is 0.407 e. The zero-order chi connectivity index (χ0) is 28.9. The number of carbonyl (C=O) groups is 1. The summed E-state index contributed by atoms with van der Waals surface area (Å²) in [5.41, 5.74) is 0.835. The molecule has 0 radical (unpaired) electrons. The van der Waals surface area contributed by atoms with Crippen molar-refractivity contribution in [1.82, 2.24) is 9.21 Å².